The average Bonchev–Trinajstić information content (AvgIpc) is 2.74. The molecule has 1 amide bonds. The quantitative estimate of drug-likeness (QED) is 0.813. The number of amides is 1. The zero-order valence-corrected chi connectivity index (χ0v) is 15.7. The summed E-state index contributed by atoms with van der Waals surface area (Å²) in [5.41, 5.74) is 0.434. The Hall–Kier alpha value is -2.77. The summed E-state index contributed by atoms with van der Waals surface area (Å²) in [5, 5.41) is 0. The molecule has 2 aromatic rings. The largest absolute Gasteiger partial charge is 0.352 e. The van der Waals surface area contributed by atoms with Gasteiger partial charge in [-0.2, -0.15) is 0 Å². The Kier molecular flexibility index (Phi) is 5.13. The van der Waals surface area contributed by atoms with Crippen LogP contribution in [0.4, 0.5) is 11.8 Å². The van der Waals surface area contributed by atoms with E-state index in [9.17, 15) is 4.79 Å². The highest BCUT2D eigenvalue weighted by molar-refractivity contribution is 5.92. The number of carbonyl (C=O) groups excluding carboxylic acids is 1. The molecule has 27 heavy (non-hydrogen) atoms. The molecule has 4 heterocycles. The summed E-state index contributed by atoms with van der Waals surface area (Å²) < 4.78 is 0. The minimum absolute atomic E-state index is 0.00774. The number of nitrogens with zero attached hydrogens (tertiary/aromatic N) is 7. The first kappa shape index (κ1) is 17.6. The topological polar surface area (TPSA) is 78.4 Å². The fourth-order valence-corrected chi connectivity index (χ4v) is 3.72. The van der Waals surface area contributed by atoms with Gasteiger partial charge in [0.1, 0.15) is 11.5 Å². The Balaban J connectivity index is 1.36. The molecule has 2 aromatic heterocycles. The van der Waals surface area contributed by atoms with Gasteiger partial charge in [-0.1, -0.05) is 6.92 Å². The van der Waals surface area contributed by atoms with Gasteiger partial charge in [-0.3, -0.25) is 4.79 Å². The third kappa shape index (κ3) is 3.99. The molecule has 2 saturated heterocycles. The summed E-state index contributed by atoms with van der Waals surface area (Å²) in [6.07, 6.45) is 9.11. The Morgan fingerprint density at radius 3 is 2.37 bits per heavy atom. The van der Waals surface area contributed by atoms with Gasteiger partial charge >= 0.3 is 0 Å². The number of likely N-dealkylation sites (tertiary alicyclic amines) is 1. The second-order valence-electron chi connectivity index (χ2n) is 7.28. The highest BCUT2D eigenvalue weighted by Gasteiger charge is 2.24. The van der Waals surface area contributed by atoms with Crippen LogP contribution in [-0.4, -0.2) is 70.0 Å². The van der Waals surface area contributed by atoms with E-state index in [4.69, 9.17) is 0 Å². The van der Waals surface area contributed by atoms with E-state index in [1.54, 1.807) is 24.8 Å². The molecule has 4 rings (SSSR count). The molecule has 0 bridgehead atoms. The Morgan fingerprint density at radius 1 is 0.963 bits per heavy atom. The van der Waals surface area contributed by atoms with Gasteiger partial charge in [0.15, 0.2) is 0 Å². The van der Waals surface area contributed by atoms with E-state index < -0.39 is 0 Å². The predicted molar refractivity (Wildman–Crippen MR) is 103 cm³/mol. The zero-order chi connectivity index (χ0) is 18.6. The Morgan fingerprint density at radius 2 is 1.70 bits per heavy atom. The molecule has 8 nitrogen and oxygen atoms in total. The Bertz CT molecular complexity index is 759. The molecule has 8 heteroatoms. The minimum Gasteiger partial charge on any atom is -0.352 e. The summed E-state index contributed by atoms with van der Waals surface area (Å²) in [5.74, 6) is 2.12. The summed E-state index contributed by atoms with van der Waals surface area (Å²) >= 11 is 0. The normalized spacial score (nSPS) is 20.6. The molecule has 0 N–H and O–H groups in total. The standard InChI is InChI=1S/C19H25N7O/c1-15-4-2-7-26(14-15)18(27)16-12-23-17(13-22-16)24-8-10-25(11-9-24)19-20-5-3-6-21-19/h3,5-6,12-13,15H,2,4,7-11,14H2,1H3. The van der Waals surface area contributed by atoms with Gasteiger partial charge in [-0.25, -0.2) is 19.9 Å². The van der Waals surface area contributed by atoms with Crippen molar-refractivity contribution < 1.29 is 4.79 Å². The van der Waals surface area contributed by atoms with Crippen LogP contribution < -0.4 is 9.80 Å². The maximum Gasteiger partial charge on any atom is 0.274 e. The molecular weight excluding hydrogens is 342 g/mol. The number of hydrogen-bond acceptors (Lipinski definition) is 7. The maximum absolute atomic E-state index is 12.6. The summed E-state index contributed by atoms with van der Waals surface area (Å²) in [4.78, 5) is 36.4. The number of carbonyl (C=O) groups is 1. The molecule has 1 atom stereocenters. The number of hydrogen-bond donors (Lipinski definition) is 0. The summed E-state index contributed by atoms with van der Waals surface area (Å²) in [6.45, 7) is 7.13. The Labute approximate surface area is 159 Å². The van der Waals surface area contributed by atoms with E-state index in [-0.39, 0.29) is 5.91 Å². The van der Waals surface area contributed by atoms with E-state index in [2.05, 4.69) is 36.7 Å². The first-order chi connectivity index (χ1) is 13.2. The second-order valence-corrected chi connectivity index (χ2v) is 7.28. The van der Waals surface area contributed by atoms with Crippen LogP contribution in [0.25, 0.3) is 0 Å². The van der Waals surface area contributed by atoms with Crippen molar-refractivity contribution in [2.75, 3.05) is 49.1 Å². The third-order valence-electron chi connectivity index (χ3n) is 5.24. The van der Waals surface area contributed by atoms with Crippen LogP contribution >= 0.6 is 0 Å². The van der Waals surface area contributed by atoms with Crippen molar-refractivity contribution in [3.8, 4) is 0 Å². The van der Waals surface area contributed by atoms with Crippen molar-refractivity contribution in [1.29, 1.82) is 0 Å². The maximum atomic E-state index is 12.6. The van der Waals surface area contributed by atoms with Gasteiger partial charge in [-0.15, -0.1) is 0 Å². The fourth-order valence-electron chi connectivity index (χ4n) is 3.72. The highest BCUT2D eigenvalue weighted by atomic mass is 16.2. The van der Waals surface area contributed by atoms with Crippen LogP contribution in [0.15, 0.2) is 30.9 Å². The fraction of sp³-hybridized carbons (Fsp3) is 0.526. The van der Waals surface area contributed by atoms with Crippen molar-refractivity contribution in [2.45, 2.75) is 19.8 Å². The lowest BCUT2D eigenvalue weighted by Gasteiger charge is -2.35. The number of piperidine rings is 1. The molecule has 142 valence electrons. The van der Waals surface area contributed by atoms with Gasteiger partial charge in [-0.05, 0) is 24.8 Å². The number of piperazine rings is 1. The van der Waals surface area contributed by atoms with Crippen molar-refractivity contribution in [1.82, 2.24) is 24.8 Å². The molecule has 0 aliphatic carbocycles. The first-order valence-corrected chi connectivity index (χ1v) is 9.59. The van der Waals surface area contributed by atoms with Crippen LogP contribution in [-0.2, 0) is 0 Å². The first-order valence-electron chi connectivity index (χ1n) is 9.59. The van der Waals surface area contributed by atoms with Crippen molar-refractivity contribution >= 4 is 17.7 Å². The number of rotatable bonds is 3. The minimum atomic E-state index is -0.00774. The lowest BCUT2D eigenvalue weighted by Crippen LogP contribution is -2.47. The lowest BCUT2D eigenvalue weighted by molar-refractivity contribution is 0.0676. The molecule has 0 radical (unpaired) electrons. The van der Waals surface area contributed by atoms with Gasteiger partial charge < -0.3 is 14.7 Å². The van der Waals surface area contributed by atoms with Crippen LogP contribution in [0, 0.1) is 5.92 Å². The lowest BCUT2D eigenvalue weighted by atomic mass is 10.0. The van der Waals surface area contributed by atoms with Crippen LogP contribution in [0.1, 0.15) is 30.3 Å². The SMILES string of the molecule is CC1CCCN(C(=O)c2cnc(N3CCN(c4ncccn4)CC3)cn2)C1. The van der Waals surface area contributed by atoms with E-state index in [1.165, 1.54) is 6.42 Å². The predicted octanol–water partition coefficient (Wildman–Crippen LogP) is 1.47. The van der Waals surface area contributed by atoms with Crippen LogP contribution in [0.5, 0.6) is 0 Å². The van der Waals surface area contributed by atoms with E-state index >= 15 is 0 Å². The molecule has 2 aliphatic rings. The van der Waals surface area contributed by atoms with Crippen molar-refractivity contribution in [2.24, 2.45) is 5.92 Å². The number of aromatic nitrogens is 4. The van der Waals surface area contributed by atoms with Gasteiger partial charge in [0.05, 0.1) is 12.4 Å². The number of anilines is 2. The highest BCUT2D eigenvalue weighted by Crippen LogP contribution is 2.19. The van der Waals surface area contributed by atoms with E-state index in [1.807, 2.05) is 11.0 Å². The molecule has 2 aliphatic heterocycles. The smallest absolute Gasteiger partial charge is 0.274 e. The van der Waals surface area contributed by atoms with Crippen LogP contribution in [0.2, 0.25) is 0 Å². The van der Waals surface area contributed by atoms with Gasteiger partial charge in [0.25, 0.3) is 5.91 Å². The monoisotopic (exact) mass is 367 g/mol. The van der Waals surface area contributed by atoms with Crippen molar-refractivity contribution in [3.63, 3.8) is 0 Å². The summed E-state index contributed by atoms with van der Waals surface area (Å²) in [6, 6.07) is 1.82. The van der Waals surface area contributed by atoms with Crippen molar-refractivity contribution in [3.05, 3.63) is 36.5 Å². The van der Waals surface area contributed by atoms with E-state index in [0.29, 0.717) is 11.6 Å². The van der Waals surface area contributed by atoms with E-state index in [0.717, 1.165) is 57.5 Å². The second kappa shape index (κ2) is 7.85. The molecule has 0 aromatic carbocycles. The summed E-state index contributed by atoms with van der Waals surface area (Å²) in [7, 11) is 0. The molecule has 1 unspecified atom stereocenters. The van der Waals surface area contributed by atoms with Gasteiger partial charge in [0, 0.05) is 51.7 Å². The zero-order valence-electron chi connectivity index (χ0n) is 15.7. The average molecular weight is 367 g/mol. The third-order valence-corrected chi connectivity index (χ3v) is 5.24. The molecule has 0 saturated carbocycles. The molecule has 2 fully saturated rings. The van der Waals surface area contributed by atoms with Gasteiger partial charge in [0.2, 0.25) is 5.95 Å². The van der Waals surface area contributed by atoms with Crippen LogP contribution in [0.3, 0.4) is 0 Å². The molecule has 0 spiro atoms. The molecular formula is C19H25N7O.